The molecule has 0 radical (unpaired) electrons. The highest BCUT2D eigenvalue weighted by Crippen LogP contribution is 2.29. The van der Waals surface area contributed by atoms with Crippen molar-refractivity contribution in [2.45, 2.75) is 39.5 Å². The molecule has 0 saturated carbocycles. The SMILES string of the molecule is C=CCN1C=CC(/C(=C/C)CCCCC)=C2NC=CN21. The van der Waals surface area contributed by atoms with Crippen molar-refractivity contribution < 1.29 is 0 Å². The van der Waals surface area contributed by atoms with E-state index >= 15 is 0 Å². The number of fused-ring (bicyclic) bond motifs is 1. The van der Waals surface area contributed by atoms with Crippen LogP contribution < -0.4 is 5.32 Å². The van der Waals surface area contributed by atoms with Gasteiger partial charge >= 0.3 is 0 Å². The van der Waals surface area contributed by atoms with Gasteiger partial charge in [0.2, 0.25) is 0 Å². The van der Waals surface area contributed by atoms with Crippen LogP contribution in [0.1, 0.15) is 39.5 Å². The Bertz CT molecular complexity index is 469. The third-order valence-electron chi connectivity index (χ3n) is 3.67. The van der Waals surface area contributed by atoms with E-state index in [0.29, 0.717) is 0 Å². The minimum atomic E-state index is 0.806. The van der Waals surface area contributed by atoms with Crippen molar-refractivity contribution in [2.24, 2.45) is 0 Å². The maximum atomic E-state index is 3.82. The lowest BCUT2D eigenvalue weighted by Gasteiger charge is -2.35. The molecule has 0 aromatic carbocycles. The summed E-state index contributed by atoms with van der Waals surface area (Å²) in [5, 5.41) is 7.65. The maximum Gasteiger partial charge on any atom is 0.137 e. The first-order valence-electron chi connectivity index (χ1n) is 7.49. The molecule has 2 aliphatic heterocycles. The van der Waals surface area contributed by atoms with Crippen molar-refractivity contribution in [2.75, 3.05) is 6.54 Å². The van der Waals surface area contributed by atoms with Gasteiger partial charge in [0.15, 0.2) is 0 Å². The van der Waals surface area contributed by atoms with Crippen LogP contribution in [0.2, 0.25) is 0 Å². The Labute approximate surface area is 122 Å². The van der Waals surface area contributed by atoms with Crippen LogP contribution in [0.3, 0.4) is 0 Å². The van der Waals surface area contributed by atoms with E-state index in [4.69, 9.17) is 0 Å². The second-order valence-corrected chi connectivity index (χ2v) is 5.06. The number of hydrogen-bond acceptors (Lipinski definition) is 3. The standard InChI is InChI=1S/C17H25N3/c1-4-7-8-9-15(6-3)16-10-13-19(12-5-2)20-14-11-18-17(16)20/h5-6,10-11,13-14,18H,2,4,7-9,12H2,1,3H3/b15-6+. The lowest BCUT2D eigenvalue weighted by atomic mass is 9.98. The molecular formula is C17H25N3. The second-order valence-electron chi connectivity index (χ2n) is 5.06. The molecule has 0 atom stereocenters. The van der Waals surface area contributed by atoms with E-state index in [1.165, 1.54) is 30.4 Å². The summed E-state index contributed by atoms with van der Waals surface area (Å²) in [5.74, 6) is 1.15. The van der Waals surface area contributed by atoms with Crippen LogP contribution >= 0.6 is 0 Å². The van der Waals surface area contributed by atoms with Gasteiger partial charge in [0, 0.05) is 24.2 Å². The first-order valence-corrected chi connectivity index (χ1v) is 7.49. The van der Waals surface area contributed by atoms with E-state index in [1.54, 1.807) is 0 Å². The van der Waals surface area contributed by atoms with Crippen molar-refractivity contribution in [3.63, 3.8) is 0 Å². The highest BCUT2D eigenvalue weighted by molar-refractivity contribution is 5.45. The minimum absolute atomic E-state index is 0.806. The van der Waals surface area contributed by atoms with Crippen LogP contribution in [-0.2, 0) is 0 Å². The predicted molar refractivity (Wildman–Crippen MR) is 85.1 cm³/mol. The number of unbranched alkanes of at least 4 members (excludes halogenated alkanes) is 2. The Morgan fingerprint density at radius 3 is 2.90 bits per heavy atom. The molecule has 3 nitrogen and oxygen atoms in total. The van der Waals surface area contributed by atoms with Crippen molar-refractivity contribution in [1.82, 2.24) is 15.3 Å². The minimum Gasteiger partial charge on any atom is -0.345 e. The summed E-state index contributed by atoms with van der Waals surface area (Å²) in [6.45, 7) is 9.00. The molecule has 3 heteroatoms. The Kier molecular flexibility index (Phi) is 5.10. The zero-order valence-electron chi connectivity index (χ0n) is 12.6. The summed E-state index contributed by atoms with van der Waals surface area (Å²) in [5.41, 5.74) is 2.72. The van der Waals surface area contributed by atoms with E-state index in [1.807, 2.05) is 12.3 Å². The Hall–Kier alpha value is -1.90. The highest BCUT2D eigenvalue weighted by atomic mass is 15.7. The Morgan fingerprint density at radius 1 is 1.35 bits per heavy atom. The van der Waals surface area contributed by atoms with E-state index in [0.717, 1.165) is 18.8 Å². The molecule has 0 spiro atoms. The molecule has 2 aliphatic rings. The molecule has 0 unspecified atom stereocenters. The summed E-state index contributed by atoms with van der Waals surface area (Å²) < 4.78 is 0. The largest absolute Gasteiger partial charge is 0.345 e. The normalized spacial score (nSPS) is 17.6. The summed E-state index contributed by atoms with van der Waals surface area (Å²) in [6, 6.07) is 0. The topological polar surface area (TPSA) is 18.5 Å². The summed E-state index contributed by atoms with van der Waals surface area (Å²) in [6.07, 6.45) is 17.5. The molecule has 2 rings (SSSR count). The zero-order chi connectivity index (χ0) is 14.4. The van der Waals surface area contributed by atoms with Gasteiger partial charge in [-0.15, -0.1) is 6.58 Å². The van der Waals surface area contributed by atoms with Gasteiger partial charge in [-0.25, -0.2) is 5.01 Å². The van der Waals surface area contributed by atoms with Crippen molar-refractivity contribution in [3.8, 4) is 0 Å². The number of hydrogen-bond donors (Lipinski definition) is 1. The van der Waals surface area contributed by atoms with E-state index in [2.05, 4.69) is 60.3 Å². The average molecular weight is 271 g/mol. The molecule has 0 aromatic heterocycles. The molecule has 20 heavy (non-hydrogen) atoms. The number of allylic oxidation sites excluding steroid dienone is 4. The lowest BCUT2D eigenvalue weighted by molar-refractivity contribution is 0.130. The first-order chi connectivity index (χ1) is 9.81. The third kappa shape index (κ3) is 2.98. The number of hydrazine groups is 1. The predicted octanol–water partition coefficient (Wildman–Crippen LogP) is 4.03. The average Bonchev–Trinajstić information content (AvgIpc) is 2.95. The molecule has 1 N–H and O–H groups in total. The quantitative estimate of drug-likeness (QED) is 0.557. The molecule has 0 amide bonds. The zero-order valence-corrected chi connectivity index (χ0v) is 12.6. The molecule has 108 valence electrons. The van der Waals surface area contributed by atoms with Gasteiger partial charge in [-0.2, -0.15) is 0 Å². The lowest BCUT2D eigenvalue weighted by Crippen LogP contribution is -2.37. The van der Waals surface area contributed by atoms with E-state index in [-0.39, 0.29) is 0 Å². The summed E-state index contributed by atoms with van der Waals surface area (Å²) >= 11 is 0. The fourth-order valence-electron chi connectivity index (χ4n) is 2.59. The van der Waals surface area contributed by atoms with Gasteiger partial charge < -0.3 is 5.32 Å². The summed E-state index contributed by atoms with van der Waals surface area (Å²) in [7, 11) is 0. The Balaban J connectivity index is 2.17. The van der Waals surface area contributed by atoms with Gasteiger partial charge in [-0.05, 0) is 31.4 Å². The van der Waals surface area contributed by atoms with Gasteiger partial charge in [-0.3, -0.25) is 5.01 Å². The number of nitrogens with zero attached hydrogens (tertiary/aromatic N) is 2. The van der Waals surface area contributed by atoms with Gasteiger partial charge in [-0.1, -0.05) is 31.9 Å². The first kappa shape index (κ1) is 14.5. The van der Waals surface area contributed by atoms with Crippen LogP contribution in [0.4, 0.5) is 0 Å². The molecule has 0 bridgehead atoms. The van der Waals surface area contributed by atoms with Gasteiger partial charge in [0.1, 0.15) is 5.82 Å². The van der Waals surface area contributed by atoms with Crippen LogP contribution in [0.15, 0.2) is 60.4 Å². The fraction of sp³-hybridized carbons (Fsp3) is 0.412. The fourth-order valence-corrected chi connectivity index (χ4v) is 2.59. The number of rotatable bonds is 7. The molecule has 0 fully saturated rings. The van der Waals surface area contributed by atoms with E-state index in [9.17, 15) is 0 Å². The van der Waals surface area contributed by atoms with Crippen LogP contribution in [0.25, 0.3) is 0 Å². The molecule has 0 aliphatic carbocycles. The number of nitrogens with one attached hydrogen (secondary N) is 1. The van der Waals surface area contributed by atoms with E-state index < -0.39 is 0 Å². The van der Waals surface area contributed by atoms with Gasteiger partial charge in [0.05, 0.1) is 6.54 Å². The summed E-state index contributed by atoms with van der Waals surface area (Å²) in [4.78, 5) is 0. The second kappa shape index (κ2) is 7.04. The van der Waals surface area contributed by atoms with Crippen molar-refractivity contribution >= 4 is 0 Å². The molecule has 0 saturated heterocycles. The van der Waals surface area contributed by atoms with Crippen molar-refractivity contribution in [3.05, 3.63) is 60.4 Å². The maximum absolute atomic E-state index is 3.82. The molecule has 2 heterocycles. The van der Waals surface area contributed by atoms with Crippen LogP contribution in [-0.4, -0.2) is 16.6 Å². The monoisotopic (exact) mass is 271 g/mol. The molecule has 0 aromatic rings. The Morgan fingerprint density at radius 2 is 2.20 bits per heavy atom. The van der Waals surface area contributed by atoms with Crippen molar-refractivity contribution in [1.29, 1.82) is 0 Å². The van der Waals surface area contributed by atoms with Gasteiger partial charge in [0.25, 0.3) is 0 Å². The smallest absolute Gasteiger partial charge is 0.137 e. The highest BCUT2D eigenvalue weighted by Gasteiger charge is 2.24. The molecular weight excluding hydrogens is 246 g/mol. The van der Waals surface area contributed by atoms with Crippen LogP contribution in [0.5, 0.6) is 0 Å². The van der Waals surface area contributed by atoms with Crippen LogP contribution in [0, 0.1) is 0 Å². The third-order valence-corrected chi connectivity index (χ3v) is 3.67.